The van der Waals surface area contributed by atoms with E-state index < -0.39 is 0 Å². The number of hydrogen-bond acceptors (Lipinski definition) is 2. The second-order valence-corrected chi connectivity index (χ2v) is 21.1. The minimum Gasteiger partial charge on any atom is -0.310 e. The maximum Gasteiger partial charge on any atom is 0.0540 e. The minimum atomic E-state index is -0.265. The lowest BCUT2D eigenvalue weighted by atomic mass is 9.64. The van der Waals surface area contributed by atoms with Crippen molar-refractivity contribution in [2.45, 2.75) is 91.4 Å². The fourth-order valence-electron chi connectivity index (χ4n) is 10.6. The maximum absolute atomic E-state index is 2.52. The summed E-state index contributed by atoms with van der Waals surface area (Å²) >= 11 is 0. The molecule has 0 spiro atoms. The van der Waals surface area contributed by atoms with Crippen LogP contribution in [0.25, 0.3) is 32.7 Å². The van der Waals surface area contributed by atoms with Gasteiger partial charge in [-0.05, 0) is 139 Å². The van der Waals surface area contributed by atoms with E-state index in [-0.39, 0.29) is 22.2 Å². The lowest BCUT2D eigenvalue weighted by Gasteiger charge is -2.41. The van der Waals surface area contributed by atoms with Crippen molar-refractivity contribution in [2.75, 3.05) is 9.80 Å². The molecule has 9 aromatic carbocycles. The quantitative estimate of drug-likeness (QED) is 0.158. The Balaban J connectivity index is 1.26. The summed E-state index contributed by atoms with van der Waals surface area (Å²) in [5, 5.41) is 4.88. The molecule has 1 atom stereocenters. The molecule has 66 heavy (non-hydrogen) atoms. The summed E-state index contributed by atoms with van der Waals surface area (Å²) in [5.41, 5.74) is 18.6. The molecule has 0 saturated heterocycles. The van der Waals surface area contributed by atoms with Crippen molar-refractivity contribution in [3.63, 3.8) is 0 Å². The first-order valence-electron chi connectivity index (χ1n) is 23.8. The lowest BCUT2D eigenvalue weighted by molar-refractivity contribution is 0.590. The van der Waals surface area contributed by atoms with E-state index in [1.165, 1.54) is 71.6 Å². The van der Waals surface area contributed by atoms with Gasteiger partial charge in [0.1, 0.15) is 0 Å². The van der Waals surface area contributed by atoms with Gasteiger partial charge in [0.05, 0.1) is 11.4 Å². The highest BCUT2D eigenvalue weighted by atomic mass is 15.1. The van der Waals surface area contributed by atoms with Crippen molar-refractivity contribution >= 4 is 55.7 Å². The summed E-state index contributed by atoms with van der Waals surface area (Å²) in [5.74, 6) is 0.174. The van der Waals surface area contributed by atoms with Crippen LogP contribution in [0.5, 0.6) is 0 Å². The molecule has 0 saturated carbocycles. The fraction of sp³-hybridized carbons (Fsp3) is 0.219. The van der Waals surface area contributed by atoms with Crippen molar-refractivity contribution in [2.24, 2.45) is 0 Å². The normalized spacial score (nSPS) is 14.5. The smallest absolute Gasteiger partial charge is 0.0540 e. The summed E-state index contributed by atoms with van der Waals surface area (Å²) in [4.78, 5) is 4.98. The molecule has 1 aliphatic carbocycles. The molecular formula is C64H62N2. The molecule has 10 rings (SSSR count). The second kappa shape index (κ2) is 16.2. The molecule has 0 bridgehead atoms. The van der Waals surface area contributed by atoms with Gasteiger partial charge in [0.2, 0.25) is 0 Å². The van der Waals surface area contributed by atoms with Crippen LogP contribution in [0.1, 0.15) is 107 Å². The number of hydrogen-bond donors (Lipinski definition) is 0. The van der Waals surface area contributed by atoms with E-state index in [1.807, 2.05) is 0 Å². The molecule has 0 radical (unpaired) electrons. The second-order valence-electron chi connectivity index (χ2n) is 21.1. The Bertz CT molecular complexity index is 3250. The number of aryl methyl sites for hydroxylation is 1. The van der Waals surface area contributed by atoms with E-state index in [4.69, 9.17) is 0 Å². The van der Waals surface area contributed by atoms with Crippen molar-refractivity contribution < 1.29 is 0 Å². The molecular weight excluding hydrogens is 797 g/mol. The Kier molecular flexibility index (Phi) is 10.6. The Labute approximate surface area is 393 Å². The standard InChI is InChI=1S/C64H62N2/c1-42-29-34-50(65(48-35-30-46(31-36-48)62(3,4)5)59-27-17-21-44-19-11-13-24-53(44)59)39-55(42)56-40-51(41-58-61(56)43(2)52-23-15-16-26-57(52)64(58,9)10)66(49-37-32-47(33-38-49)63(6,7)8)60-28-18-22-45-20-12-14-25-54(45)60/h11-41,43H,1-10H3. The summed E-state index contributed by atoms with van der Waals surface area (Å²) < 4.78 is 0. The van der Waals surface area contributed by atoms with Crippen molar-refractivity contribution in [1.29, 1.82) is 0 Å². The van der Waals surface area contributed by atoms with Gasteiger partial charge in [0, 0.05) is 44.9 Å². The van der Waals surface area contributed by atoms with E-state index >= 15 is 0 Å². The van der Waals surface area contributed by atoms with Crippen molar-refractivity contribution in [1.82, 2.24) is 0 Å². The highest BCUT2D eigenvalue weighted by molar-refractivity contribution is 6.01. The van der Waals surface area contributed by atoms with Crippen LogP contribution in [0.3, 0.4) is 0 Å². The third kappa shape index (κ3) is 7.47. The topological polar surface area (TPSA) is 6.48 Å². The summed E-state index contributed by atoms with van der Waals surface area (Å²) in [6, 6.07) is 70.8. The molecule has 0 fully saturated rings. The first kappa shape index (κ1) is 43.0. The van der Waals surface area contributed by atoms with E-state index in [9.17, 15) is 0 Å². The SMILES string of the molecule is Cc1ccc(N(c2ccc(C(C)(C)C)cc2)c2cccc3ccccc23)cc1-c1cc(N(c2ccc(C(C)(C)C)cc2)c2cccc3ccccc23)cc2c1C(C)c1ccccc1C2(C)C. The van der Waals surface area contributed by atoms with Gasteiger partial charge in [-0.25, -0.2) is 0 Å². The number of nitrogens with zero attached hydrogens (tertiary/aromatic N) is 2. The van der Waals surface area contributed by atoms with E-state index in [0.29, 0.717) is 0 Å². The van der Waals surface area contributed by atoms with Crippen LogP contribution < -0.4 is 9.80 Å². The van der Waals surface area contributed by atoms with Gasteiger partial charge in [-0.3, -0.25) is 0 Å². The summed E-state index contributed by atoms with van der Waals surface area (Å²) in [6.45, 7) is 23.3. The molecule has 0 amide bonds. The van der Waals surface area contributed by atoms with Crippen LogP contribution in [0.4, 0.5) is 34.1 Å². The van der Waals surface area contributed by atoms with Gasteiger partial charge in [-0.1, -0.05) is 190 Å². The largest absolute Gasteiger partial charge is 0.310 e. The Morgan fingerprint density at radius 1 is 0.424 bits per heavy atom. The van der Waals surface area contributed by atoms with Crippen molar-refractivity contribution in [3.8, 4) is 11.1 Å². The number of fused-ring (bicyclic) bond motifs is 4. The van der Waals surface area contributed by atoms with Gasteiger partial charge in [0.15, 0.2) is 0 Å². The van der Waals surface area contributed by atoms with Crippen LogP contribution in [-0.2, 0) is 16.2 Å². The highest BCUT2D eigenvalue weighted by Crippen LogP contribution is 2.54. The fourth-order valence-corrected chi connectivity index (χ4v) is 10.6. The molecule has 2 nitrogen and oxygen atoms in total. The number of rotatable bonds is 7. The van der Waals surface area contributed by atoms with Crippen molar-refractivity contribution in [3.05, 3.63) is 227 Å². The van der Waals surface area contributed by atoms with Crippen LogP contribution in [-0.4, -0.2) is 0 Å². The maximum atomic E-state index is 2.52. The molecule has 1 unspecified atom stereocenters. The summed E-state index contributed by atoms with van der Waals surface area (Å²) in [6.07, 6.45) is 0. The van der Waals surface area contributed by atoms with Gasteiger partial charge in [-0.2, -0.15) is 0 Å². The zero-order valence-corrected chi connectivity index (χ0v) is 40.4. The predicted molar refractivity (Wildman–Crippen MR) is 284 cm³/mol. The van der Waals surface area contributed by atoms with Crippen LogP contribution in [0, 0.1) is 6.92 Å². The van der Waals surface area contributed by atoms with Crippen LogP contribution in [0.15, 0.2) is 188 Å². The number of benzene rings is 9. The lowest BCUT2D eigenvalue weighted by Crippen LogP contribution is -2.29. The molecule has 0 heterocycles. The van der Waals surface area contributed by atoms with E-state index in [1.54, 1.807) is 0 Å². The Morgan fingerprint density at radius 3 is 1.42 bits per heavy atom. The molecule has 9 aromatic rings. The predicted octanol–water partition coefficient (Wildman–Crippen LogP) is 18.3. The first-order chi connectivity index (χ1) is 31.6. The van der Waals surface area contributed by atoms with E-state index in [0.717, 1.165) is 34.1 Å². The summed E-state index contributed by atoms with van der Waals surface area (Å²) in [7, 11) is 0. The Morgan fingerprint density at radius 2 is 0.879 bits per heavy atom. The van der Waals surface area contributed by atoms with Gasteiger partial charge >= 0.3 is 0 Å². The molecule has 328 valence electrons. The number of anilines is 6. The molecule has 0 aliphatic heterocycles. The third-order valence-electron chi connectivity index (χ3n) is 14.4. The first-order valence-corrected chi connectivity index (χ1v) is 23.8. The molecule has 1 aliphatic rings. The average molecular weight is 859 g/mol. The zero-order valence-electron chi connectivity index (χ0n) is 40.4. The highest BCUT2D eigenvalue weighted by Gasteiger charge is 2.38. The molecule has 0 N–H and O–H groups in total. The van der Waals surface area contributed by atoms with Gasteiger partial charge in [0.25, 0.3) is 0 Å². The third-order valence-corrected chi connectivity index (χ3v) is 14.4. The van der Waals surface area contributed by atoms with Gasteiger partial charge < -0.3 is 9.80 Å². The minimum absolute atomic E-state index is 0.0342. The monoisotopic (exact) mass is 858 g/mol. The molecule has 0 aromatic heterocycles. The zero-order chi connectivity index (χ0) is 46.1. The van der Waals surface area contributed by atoms with Crippen LogP contribution >= 0.6 is 0 Å². The van der Waals surface area contributed by atoms with E-state index in [2.05, 4.69) is 267 Å². The average Bonchev–Trinajstić information content (AvgIpc) is 3.31. The Hall–Kier alpha value is -6.90. The van der Waals surface area contributed by atoms with Gasteiger partial charge in [-0.15, -0.1) is 0 Å². The molecule has 2 heteroatoms. The van der Waals surface area contributed by atoms with Crippen LogP contribution in [0.2, 0.25) is 0 Å².